The molecule has 0 aliphatic heterocycles. The van der Waals surface area contributed by atoms with Gasteiger partial charge in [0.1, 0.15) is 17.9 Å². The summed E-state index contributed by atoms with van der Waals surface area (Å²) in [7, 11) is 0. The molecule has 124 valence electrons. The molecule has 22 heavy (non-hydrogen) atoms. The third-order valence-electron chi connectivity index (χ3n) is 3.90. The number of carbonyl (C=O) groups is 4. The minimum atomic E-state index is -0.883. The van der Waals surface area contributed by atoms with Crippen molar-refractivity contribution in [1.29, 1.82) is 0 Å². The zero-order chi connectivity index (χ0) is 16.9. The lowest BCUT2D eigenvalue weighted by Crippen LogP contribution is -2.57. The second-order valence-electron chi connectivity index (χ2n) is 6.21. The fourth-order valence-corrected chi connectivity index (χ4v) is 2.76. The Kier molecular flexibility index (Phi) is 6.52. The highest BCUT2D eigenvalue weighted by molar-refractivity contribution is 5.92. The summed E-state index contributed by atoms with van der Waals surface area (Å²) in [5.41, 5.74) is 5.39. The van der Waals surface area contributed by atoms with E-state index in [0.717, 1.165) is 0 Å². The van der Waals surface area contributed by atoms with E-state index < -0.39 is 23.9 Å². The van der Waals surface area contributed by atoms with Crippen molar-refractivity contribution in [3.8, 4) is 0 Å². The molecule has 0 heterocycles. The van der Waals surface area contributed by atoms with Crippen molar-refractivity contribution in [2.45, 2.75) is 58.5 Å². The molecule has 1 aliphatic carbocycles. The lowest BCUT2D eigenvalue weighted by atomic mass is 9.82. The van der Waals surface area contributed by atoms with E-state index in [1.807, 2.05) is 0 Å². The Balaban J connectivity index is 2.80. The predicted octanol–water partition coefficient (Wildman–Crippen LogP) is -0.124. The summed E-state index contributed by atoms with van der Waals surface area (Å²) in [5.74, 6) is -1.75. The lowest BCUT2D eigenvalue weighted by molar-refractivity contribution is -0.133. The van der Waals surface area contributed by atoms with E-state index in [0.29, 0.717) is 19.3 Å². The molecule has 4 N–H and O–H groups in total. The van der Waals surface area contributed by atoms with Gasteiger partial charge in [0, 0.05) is 19.8 Å². The largest absolute Gasteiger partial charge is 0.368 e. The molecule has 1 rings (SSSR count). The summed E-state index contributed by atoms with van der Waals surface area (Å²) in [4.78, 5) is 46.8. The van der Waals surface area contributed by atoms with E-state index in [9.17, 15) is 19.2 Å². The molecule has 7 nitrogen and oxygen atoms in total. The van der Waals surface area contributed by atoms with Crippen LogP contribution in [0.25, 0.3) is 0 Å². The van der Waals surface area contributed by atoms with E-state index in [4.69, 9.17) is 5.73 Å². The van der Waals surface area contributed by atoms with Crippen LogP contribution in [0.1, 0.15) is 46.5 Å². The van der Waals surface area contributed by atoms with Crippen molar-refractivity contribution in [3.05, 3.63) is 0 Å². The Morgan fingerprint density at radius 1 is 1.23 bits per heavy atom. The molecular formula is C15H25N3O4. The quantitative estimate of drug-likeness (QED) is 0.633. The number of Topliss-reactive ketones (excluding diaryl/α,β-unsaturated/α-hetero) is 1. The van der Waals surface area contributed by atoms with Crippen LogP contribution >= 0.6 is 0 Å². The van der Waals surface area contributed by atoms with E-state index >= 15 is 0 Å². The van der Waals surface area contributed by atoms with Crippen LogP contribution in [-0.4, -0.2) is 35.6 Å². The van der Waals surface area contributed by atoms with Gasteiger partial charge in [-0.3, -0.25) is 19.2 Å². The average molecular weight is 311 g/mol. The first-order chi connectivity index (χ1) is 10.2. The standard InChI is InChI=1S/C15H25N3O4/c1-8(2)12(17-9(3)19)15(22)18-13(14(16)21)10-5-4-6-11(20)7-10/h8,10,12-13H,4-7H2,1-3H3,(H2,16,21)(H,17,19)(H,18,22)/t10-,12+,13+/m0/s1. The van der Waals surface area contributed by atoms with Crippen LogP contribution in [0.15, 0.2) is 0 Å². The molecular weight excluding hydrogens is 286 g/mol. The average Bonchev–Trinajstić information content (AvgIpc) is 2.41. The van der Waals surface area contributed by atoms with Gasteiger partial charge < -0.3 is 16.4 Å². The molecule has 0 bridgehead atoms. The number of nitrogens with two attached hydrogens (primary N) is 1. The summed E-state index contributed by atoms with van der Waals surface area (Å²) in [5, 5.41) is 5.18. The van der Waals surface area contributed by atoms with Crippen molar-refractivity contribution < 1.29 is 19.2 Å². The first-order valence-electron chi connectivity index (χ1n) is 7.60. The zero-order valence-electron chi connectivity index (χ0n) is 13.3. The molecule has 1 aliphatic rings. The zero-order valence-corrected chi connectivity index (χ0v) is 13.3. The topological polar surface area (TPSA) is 118 Å². The number of hydrogen-bond acceptors (Lipinski definition) is 4. The van der Waals surface area contributed by atoms with Gasteiger partial charge in [-0.25, -0.2) is 0 Å². The molecule has 0 radical (unpaired) electrons. The van der Waals surface area contributed by atoms with E-state index in [-0.39, 0.29) is 29.9 Å². The first kappa shape index (κ1) is 18.1. The summed E-state index contributed by atoms with van der Waals surface area (Å²) in [6.07, 6.45) is 2.13. The van der Waals surface area contributed by atoms with Gasteiger partial charge in [0.2, 0.25) is 17.7 Å². The number of carbonyl (C=O) groups excluding carboxylic acids is 4. The van der Waals surface area contributed by atoms with Gasteiger partial charge in [-0.1, -0.05) is 13.8 Å². The maximum Gasteiger partial charge on any atom is 0.243 e. The maximum absolute atomic E-state index is 12.3. The van der Waals surface area contributed by atoms with Gasteiger partial charge in [0.15, 0.2) is 0 Å². The van der Waals surface area contributed by atoms with E-state index in [1.165, 1.54) is 6.92 Å². The Morgan fingerprint density at radius 2 is 1.86 bits per heavy atom. The number of rotatable bonds is 6. The summed E-state index contributed by atoms with van der Waals surface area (Å²) in [6, 6.07) is -1.62. The lowest BCUT2D eigenvalue weighted by Gasteiger charge is -2.30. The second kappa shape index (κ2) is 7.91. The van der Waals surface area contributed by atoms with Crippen LogP contribution in [0.3, 0.4) is 0 Å². The fourth-order valence-electron chi connectivity index (χ4n) is 2.76. The van der Waals surface area contributed by atoms with Gasteiger partial charge >= 0.3 is 0 Å². The van der Waals surface area contributed by atoms with E-state index in [1.54, 1.807) is 13.8 Å². The molecule has 0 aromatic heterocycles. The second-order valence-corrected chi connectivity index (χ2v) is 6.21. The molecule has 0 spiro atoms. The summed E-state index contributed by atoms with van der Waals surface area (Å²) in [6.45, 7) is 4.92. The van der Waals surface area contributed by atoms with Crippen LogP contribution in [-0.2, 0) is 19.2 Å². The summed E-state index contributed by atoms with van der Waals surface area (Å²) < 4.78 is 0. The highest BCUT2D eigenvalue weighted by atomic mass is 16.2. The Labute approximate surface area is 130 Å². The van der Waals surface area contributed by atoms with Gasteiger partial charge in [0.05, 0.1) is 0 Å². The molecule has 7 heteroatoms. The first-order valence-corrected chi connectivity index (χ1v) is 7.60. The van der Waals surface area contributed by atoms with E-state index in [2.05, 4.69) is 10.6 Å². The molecule has 3 amide bonds. The molecule has 3 atom stereocenters. The van der Waals surface area contributed by atoms with Crippen LogP contribution in [0.2, 0.25) is 0 Å². The van der Waals surface area contributed by atoms with Gasteiger partial charge in [0.25, 0.3) is 0 Å². The van der Waals surface area contributed by atoms with Gasteiger partial charge in [-0.15, -0.1) is 0 Å². The Hall–Kier alpha value is -1.92. The Bertz CT molecular complexity index is 462. The number of ketones is 1. The normalized spacial score (nSPS) is 21.1. The van der Waals surface area contributed by atoms with Crippen molar-refractivity contribution in [2.75, 3.05) is 0 Å². The van der Waals surface area contributed by atoms with Crippen LogP contribution in [0.5, 0.6) is 0 Å². The number of nitrogens with one attached hydrogen (secondary N) is 2. The van der Waals surface area contributed by atoms with Gasteiger partial charge in [-0.2, -0.15) is 0 Å². The molecule has 1 fully saturated rings. The predicted molar refractivity (Wildman–Crippen MR) is 80.5 cm³/mol. The minimum Gasteiger partial charge on any atom is -0.368 e. The molecule has 1 saturated carbocycles. The molecule has 0 aromatic carbocycles. The van der Waals surface area contributed by atoms with Crippen LogP contribution in [0, 0.1) is 11.8 Å². The third kappa shape index (κ3) is 5.13. The number of hydrogen-bond donors (Lipinski definition) is 3. The number of primary amides is 1. The smallest absolute Gasteiger partial charge is 0.243 e. The van der Waals surface area contributed by atoms with Crippen molar-refractivity contribution >= 4 is 23.5 Å². The highest BCUT2D eigenvalue weighted by Crippen LogP contribution is 2.24. The molecule has 0 unspecified atom stereocenters. The number of amides is 3. The van der Waals surface area contributed by atoms with Crippen molar-refractivity contribution in [2.24, 2.45) is 17.6 Å². The van der Waals surface area contributed by atoms with Crippen molar-refractivity contribution in [1.82, 2.24) is 10.6 Å². The maximum atomic E-state index is 12.3. The highest BCUT2D eigenvalue weighted by Gasteiger charge is 2.34. The van der Waals surface area contributed by atoms with Gasteiger partial charge in [-0.05, 0) is 24.7 Å². The minimum absolute atomic E-state index is 0.0824. The molecule has 0 saturated heterocycles. The van der Waals surface area contributed by atoms with Crippen molar-refractivity contribution in [3.63, 3.8) is 0 Å². The summed E-state index contributed by atoms with van der Waals surface area (Å²) >= 11 is 0. The fraction of sp³-hybridized carbons (Fsp3) is 0.733. The molecule has 0 aromatic rings. The monoisotopic (exact) mass is 311 g/mol. The van der Waals surface area contributed by atoms with Crippen LogP contribution in [0.4, 0.5) is 0 Å². The van der Waals surface area contributed by atoms with Crippen LogP contribution < -0.4 is 16.4 Å². The SMILES string of the molecule is CC(=O)N[C@@H](C(=O)N[C@@H](C(N)=O)[C@H]1CCCC(=O)C1)C(C)C. The third-order valence-corrected chi connectivity index (χ3v) is 3.90. The Morgan fingerprint density at radius 3 is 2.32 bits per heavy atom.